The van der Waals surface area contributed by atoms with E-state index in [1.54, 1.807) is 0 Å². The van der Waals surface area contributed by atoms with Crippen LogP contribution >= 0.6 is 0 Å². The average Bonchev–Trinajstić information content (AvgIpc) is 3.05. The van der Waals surface area contributed by atoms with E-state index in [9.17, 15) is 0 Å². The van der Waals surface area contributed by atoms with Crippen LogP contribution in [0.1, 0.15) is 57.9 Å². The van der Waals surface area contributed by atoms with Crippen molar-refractivity contribution in [1.29, 1.82) is 0 Å². The molecule has 2 N–H and O–H groups in total. The summed E-state index contributed by atoms with van der Waals surface area (Å²) >= 11 is 0. The maximum atomic E-state index is 5.59. The number of rotatable bonds is 6. The SMILES string of the molecule is CCC1(CNc2nnc(C(C)NC)o2)CCCC1. The third kappa shape index (κ3) is 2.83. The topological polar surface area (TPSA) is 63.0 Å². The second kappa shape index (κ2) is 5.69. The van der Waals surface area contributed by atoms with Gasteiger partial charge in [0.2, 0.25) is 5.89 Å². The summed E-state index contributed by atoms with van der Waals surface area (Å²) < 4.78 is 5.59. The zero-order chi connectivity index (χ0) is 13.0. The second-order valence-electron chi connectivity index (χ2n) is 5.37. The molecule has 2 rings (SSSR count). The summed E-state index contributed by atoms with van der Waals surface area (Å²) in [5.74, 6) is 0.636. The first kappa shape index (κ1) is 13.3. The third-order valence-corrected chi connectivity index (χ3v) is 4.27. The van der Waals surface area contributed by atoms with Gasteiger partial charge in [0.15, 0.2) is 0 Å². The standard InChI is InChI=1S/C13H24N4O/c1-4-13(7-5-6-8-13)9-15-12-17-16-11(18-12)10(2)14-3/h10,14H,4-9H2,1-3H3,(H,15,17). The summed E-state index contributed by atoms with van der Waals surface area (Å²) in [5.41, 5.74) is 0.434. The Morgan fingerprint density at radius 2 is 2.06 bits per heavy atom. The fourth-order valence-corrected chi connectivity index (χ4v) is 2.65. The predicted octanol–water partition coefficient (Wildman–Crippen LogP) is 2.73. The van der Waals surface area contributed by atoms with Crippen molar-refractivity contribution in [2.24, 2.45) is 5.41 Å². The molecular weight excluding hydrogens is 228 g/mol. The summed E-state index contributed by atoms with van der Waals surface area (Å²) in [4.78, 5) is 0. The van der Waals surface area contributed by atoms with Crippen molar-refractivity contribution in [1.82, 2.24) is 15.5 Å². The zero-order valence-electron chi connectivity index (χ0n) is 11.6. The quantitative estimate of drug-likeness (QED) is 0.815. The highest BCUT2D eigenvalue weighted by atomic mass is 16.4. The molecule has 0 saturated heterocycles. The molecule has 1 aromatic heterocycles. The Morgan fingerprint density at radius 1 is 1.33 bits per heavy atom. The summed E-state index contributed by atoms with van der Waals surface area (Å²) in [6.45, 7) is 5.22. The first-order valence-electron chi connectivity index (χ1n) is 6.94. The lowest BCUT2D eigenvalue weighted by Gasteiger charge is -2.26. The number of nitrogens with zero attached hydrogens (tertiary/aromatic N) is 2. The van der Waals surface area contributed by atoms with E-state index >= 15 is 0 Å². The molecule has 1 aliphatic carbocycles. The van der Waals surface area contributed by atoms with Gasteiger partial charge < -0.3 is 15.1 Å². The van der Waals surface area contributed by atoms with E-state index in [0.717, 1.165) is 6.54 Å². The molecule has 1 fully saturated rings. The minimum absolute atomic E-state index is 0.0969. The highest BCUT2D eigenvalue weighted by Crippen LogP contribution is 2.40. The van der Waals surface area contributed by atoms with Gasteiger partial charge in [0.1, 0.15) is 0 Å². The molecule has 0 bridgehead atoms. The van der Waals surface area contributed by atoms with Crippen LogP contribution in [-0.2, 0) is 0 Å². The van der Waals surface area contributed by atoms with Gasteiger partial charge in [0.25, 0.3) is 0 Å². The van der Waals surface area contributed by atoms with Crippen molar-refractivity contribution in [2.75, 3.05) is 18.9 Å². The average molecular weight is 252 g/mol. The van der Waals surface area contributed by atoms with Crippen LogP contribution < -0.4 is 10.6 Å². The van der Waals surface area contributed by atoms with Crippen LogP contribution in [0.15, 0.2) is 4.42 Å². The fraction of sp³-hybridized carbons (Fsp3) is 0.846. The summed E-state index contributed by atoms with van der Waals surface area (Å²) in [7, 11) is 1.88. The Labute approximate surface area is 109 Å². The summed E-state index contributed by atoms with van der Waals surface area (Å²) in [5, 5.41) is 14.5. The molecule has 1 aromatic rings. The van der Waals surface area contributed by atoms with E-state index in [-0.39, 0.29) is 6.04 Å². The van der Waals surface area contributed by atoms with E-state index in [1.165, 1.54) is 32.1 Å². The van der Waals surface area contributed by atoms with Crippen LogP contribution in [0, 0.1) is 5.41 Å². The zero-order valence-corrected chi connectivity index (χ0v) is 11.6. The van der Waals surface area contributed by atoms with Crippen LogP contribution in [0.3, 0.4) is 0 Å². The Balaban J connectivity index is 1.91. The Bertz CT molecular complexity index is 371. The molecule has 1 saturated carbocycles. The van der Waals surface area contributed by atoms with Gasteiger partial charge in [0, 0.05) is 6.54 Å². The lowest BCUT2D eigenvalue weighted by atomic mass is 9.83. The highest BCUT2D eigenvalue weighted by Gasteiger charge is 2.32. The Hall–Kier alpha value is -1.10. The van der Waals surface area contributed by atoms with Crippen LogP contribution in [0.5, 0.6) is 0 Å². The van der Waals surface area contributed by atoms with Gasteiger partial charge >= 0.3 is 6.01 Å². The van der Waals surface area contributed by atoms with Crippen molar-refractivity contribution in [3.05, 3.63) is 5.89 Å². The van der Waals surface area contributed by atoms with E-state index in [2.05, 4.69) is 27.8 Å². The molecule has 5 heteroatoms. The number of hydrogen-bond donors (Lipinski definition) is 2. The van der Waals surface area contributed by atoms with Gasteiger partial charge in [-0.3, -0.25) is 0 Å². The number of anilines is 1. The maximum absolute atomic E-state index is 5.59. The van der Waals surface area contributed by atoms with Crippen LogP contribution in [0.4, 0.5) is 6.01 Å². The van der Waals surface area contributed by atoms with E-state index in [4.69, 9.17) is 4.42 Å². The first-order chi connectivity index (χ1) is 8.69. The lowest BCUT2D eigenvalue weighted by Crippen LogP contribution is -2.26. The van der Waals surface area contributed by atoms with Crippen molar-refractivity contribution < 1.29 is 4.42 Å². The first-order valence-corrected chi connectivity index (χ1v) is 6.94. The van der Waals surface area contributed by atoms with Gasteiger partial charge in [-0.1, -0.05) is 24.9 Å². The smallest absolute Gasteiger partial charge is 0.315 e. The number of aromatic nitrogens is 2. The molecule has 18 heavy (non-hydrogen) atoms. The van der Waals surface area contributed by atoms with E-state index < -0.39 is 0 Å². The molecule has 5 nitrogen and oxygen atoms in total. The van der Waals surface area contributed by atoms with Crippen molar-refractivity contribution in [2.45, 2.75) is 52.0 Å². The molecule has 0 radical (unpaired) electrons. The van der Waals surface area contributed by atoms with Gasteiger partial charge in [-0.15, -0.1) is 5.10 Å². The van der Waals surface area contributed by atoms with Gasteiger partial charge in [-0.2, -0.15) is 0 Å². The van der Waals surface area contributed by atoms with Crippen molar-refractivity contribution in [3.63, 3.8) is 0 Å². The predicted molar refractivity (Wildman–Crippen MR) is 71.5 cm³/mol. The largest absolute Gasteiger partial charge is 0.406 e. The summed E-state index contributed by atoms with van der Waals surface area (Å²) in [6, 6.07) is 0.645. The highest BCUT2D eigenvalue weighted by molar-refractivity contribution is 5.18. The molecule has 1 heterocycles. The molecule has 0 amide bonds. The van der Waals surface area contributed by atoms with E-state index in [0.29, 0.717) is 17.3 Å². The minimum Gasteiger partial charge on any atom is -0.406 e. The minimum atomic E-state index is 0.0969. The molecule has 0 spiro atoms. The van der Waals surface area contributed by atoms with Gasteiger partial charge in [-0.25, -0.2) is 0 Å². The summed E-state index contributed by atoms with van der Waals surface area (Å²) in [6.07, 6.45) is 6.53. The molecule has 0 aromatic carbocycles. The molecule has 0 aliphatic heterocycles. The van der Waals surface area contributed by atoms with E-state index in [1.807, 2.05) is 14.0 Å². The Kier molecular flexibility index (Phi) is 4.22. The monoisotopic (exact) mass is 252 g/mol. The molecule has 1 aliphatic rings. The van der Waals surface area contributed by atoms with Crippen molar-refractivity contribution >= 4 is 6.01 Å². The maximum Gasteiger partial charge on any atom is 0.315 e. The van der Waals surface area contributed by atoms with Crippen LogP contribution in [-0.4, -0.2) is 23.8 Å². The van der Waals surface area contributed by atoms with Crippen molar-refractivity contribution in [3.8, 4) is 0 Å². The second-order valence-corrected chi connectivity index (χ2v) is 5.37. The van der Waals surface area contributed by atoms with Crippen LogP contribution in [0.25, 0.3) is 0 Å². The Morgan fingerprint density at radius 3 is 2.67 bits per heavy atom. The third-order valence-electron chi connectivity index (χ3n) is 4.27. The molecule has 1 atom stereocenters. The lowest BCUT2D eigenvalue weighted by molar-refractivity contribution is 0.303. The fourth-order valence-electron chi connectivity index (χ4n) is 2.65. The van der Waals surface area contributed by atoms with Gasteiger partial charge in [0.05, 0.1) is 6.04 Å². The normalized spacial score (nSPS) is 19.9. The molecule has 102 valence electrons. The number of nitrogens with one attached hydrogen (secondary N) is 2. The van der Waals surface area contributed by atoms with Crippen LogP contribution in [0.2, 0.25) is 0 Å². The van der Waals surface area contributed by atoms with Gasteiger partial charge in [-0.05, 0) is 38.6 Å². The number of hydrogen-bond acceptors (Lipinski definition) is 5. The molecule has 1 unspecified atom stereocenters. The molecular formula is C13H24N4O.